The molecule has 2 heterocycles. The topological polar surface area (TPSA) is 58.4 Å². The zero-order valence-corrected chi connectivity index (χ0v) is 13.6. The van der Waals surface area contributed by atoms with Gasteiger partial charge in [-0.25, -0.2) is 8.78 Å². The molecule has 3 rings (SSSR count). The molecule has 128 valence electrons. The molecule has 0 bridgehead atoms. The van der Waals surface area contributed by atoms with Crippen LogP contribution in [0.3, 0.4) is 0 Å². The van der Waals surface area contributed by atoms with E-state index in [1.807, 2.05) is 4.90 Å². The largest absolute Gasteiger partial charge is 0.367 e. The number of nitrogens with one attached hydrogen (secondary N) is 1. The Bertz CT molecular complexity index is 741. The van der Waals surface area contributed by atoms with E-state index in [0.29, 0.717) is 36.7 Å². The molecule has 1 aliphatic heterocycles. The Labute approximate surface area is 138 Å². The van der Waals surface area contributed by atoms with Crippen molar-refractivity contribution in [1.82, 2.24) is 10.5 Å². The summed E-state index contributed by atoms with van der Waals surface area (Å²) in [6, 6.07) is 3.47. The summed E-state index contributed by atoms with van der Waals surface area (Å²) in [4.78, 5) is 14.0. The lowest BCUT2D eigenvalue weighted by Crippen LogP contribution is -2.38. The first-order valence-corrected chi connectivity index (χ1v) is 7.85. The third-order valence-electron chi connectivity index (χ3n) is 4.32. The molecular formula is C17H19F2N3O2. The highest BCUT2D eigenvalue weighted by Crippen LogP contribution is 2.24. The first-order valence-electron chi connectivity index (χ1n) is 7.85. The number of anilines is 1. The van der Waals surface area contributed by atoms with Gasteiger partial charge in [0.15, 0.2) is 0 Å². The highest BCUT2D eigenvalue weighted by atomic mass is 19.1. The number of carbonyl (C=O) groups is 1. The number of aromatic nitrogens is 1. The minimum absolute atomic E-state index is 0.0672. The Morgan fingerprint density at radius 3 is 2.88 bits per heavy atom. The van der Waals surface area contributed by atoms with Crippen molar-refractivity contribution in [3.8, 4) is 0 Å². The van der Waals surface area contributed by atoms with Crippen LogP contribution in [0.1, 0.15) is 23.4 Å². The predicted octanol–water partition coefficient (Wildman–Crippen LogP) is 2.51. The van der Waals surface area contributed by atoms with E-state index in [9.17, 15) is 13.6 Å². The molecule has 1 amide bonds. The third kappa shape index (κ3) is 3.39. The van der Waals surface area contributed by atoms with Crippen molar-refractivity contribution in [3.05, 3.63) is 46.9 Å². The van der Waals surface area contributed by atoms with Crippen LogP contribution in [0.2, 0.25) is 0 Å². The van der Waals surface area contributed by atoms with Crippen molar-refractivity contribution < 1.29 is 18.1 Å². The second-order valence-electron chi connectivity index (χ2n) is 6.07. The molecule has 1 aromatic heterocycles. The van der Waals surface area contributed by atoms with Crippen LogP contribution in [0.25, 0.3) is 0 Å². The fourth-order valence-corrected chi connectivity index (χ4v) is 3.03. The maximum atomic E-state index is 13.8. The molecule has 1 fully saturated rings. The van der Waals surface area contributed by atoms with Gasteiger partial charge in [-0.05, 0) is 32.4 Å². The van der Waals surface area contributed by atoms with Gasteiger partial charge in [0.1, 0.15) is 17.4 Å². The molecule has 0 saturated carbocycles. The quantitative estimate of drug-likeness (QED) is 0.933. The normalized spacial score (nSPS) is 17.3. The molecule has 0 radical (unpaired) electrons. The lowest BCUT2D eigenvalue weighted by atomic mass is 10.1. The first kappa shape index (κ1) is 16.4. The number of hydrogen-bond acceptors (Lipinski definition) is 4. The van der Waals surface area contributed by atoms with Crippen LogP contribution in [0.5, 0.6) is 0 Å². The van der Waals surface area contributed by atoms with Crippen LogP contribution >= 0.6 is 0 Å². The van der Waals surface area contributed by atoms with Gasteiger partial charge >= 0.3 is 0 Å². The van der Waals surface area contributed by atoms with Crippen LogP contribution in [-0.4, -0.2) is 30.2 Å². The fourth-order valence-electron chi connectivity index (χ4n) is 3.03. The monoisotopic (exact) mass is 335 g/mol. The van der Waals surface area contributed by atoms with Gasteiger partial charge in [-0.2, -0.15) is 0 Å². The lowest BCUT2D eigenvalue weighted by Gasteiger charge is -2.19. The second-order valence-corrected chi connectivity index (χ2v) is 6.07. The second kappa shape index (κ2) is 6.59. The van der Waals surface area contributed by atoms with Gasteiger partial charge in [-0.1, -0.05) is 5.16 Å². The summed E-state index contributed by atoms with van der Waals surface area (Å²) in [7, 11) is 0. The van der Waals surface area contributed by atoms with Crippen LogP contribution in [0, 0.1) is 25.5 Å². The number of halogens is 2. The summed E-state index contributed by atoms with van der Waals surface area (Å²) in [5.74, 6) is -0.655. The Morgan fingerprint density at radius 1 is 1.42 bits per heavy atom. The SMILES string of the molecule is Cc1noc(C)c1CC(=O)N[C@H]1CCN(c2ccc(F)cc2F)C1. The van der Waals surface area contributed by atoms with Gasteiger partial charge in [0, 0.05) is 30.8 Å². The molecule has 7 heteroatoms. The van der Waals surface area contributed by atoms with Gasteiger partial charge < -0.3 is 14.7 Å². The summed E-state index contributed by atoms with van der Waals surface area (Å²) >= 11 is 0. The Kier molecular flexibility index (Phi) is 4.51. The molecule has 0 aliphatic carbocycles. The predicted molar refractivity (Wildman–Crippen MR) is 84.8 cm³/mol. The Hall–Kier alpha value is -2.44. The lowest BCUT2D eigenvalue weighted by molar-refractivity contribution is -0.121. The van der Waals surface area contributed by atoms with Crippen molar-refractivity contribution in [2.75, 3.05) is 18.0 Å². The van der Waals surface area contributed by atoms with Crippen molar-refractivity contribution in [1.29, 1.82) is 0 Å². The molecule has 1 atom stereocenters. The maximum Gasteiger partial charge on any atom is 0.224 e. The van der Waals surface area contributed by atoms with Crippen molar-refractivity contribution in [2.24, 2.45) is 0 Å². The van der Waals surface area contributed by atoms with Crippen LogP contribution in [-0.2, 0) is 11.2 Å². The Morgan fingerprint density at radius 2 is 2.21 bits per heavy atom. The molecule has 1 N–H and O–H groups in total. The maximum absolute atomic E-state index is 13.8. The highest BCUT2D eigenvalue weighted by molar-refractivity contribution is 5.79. The van der Waals surface area contributed by atoms with E-state index in [1.54, 1.807) is 13.8 Å². The summed E-state index contributed by atoms with van der Waals surface area (Å²) in [6.07, 6.45) is 0.923. The van der Waals surface area contributed by atoms with E-state index >= 15 is 0 Å². The van der Waals surface area contributed by atoms with Gasteiger partial charge in [-0.3, -0.25) is 4.79 Å². The third-order valence-corrected chi connectivity index (χ3v) is 4.32. The number of hydrogen-bond donors (Lipinski definition) is 1. The summed E-state index contributed by atoms with van der Waals surface area (Å²) < 4.78 is 31.9. The van der Waals surface area contributed by atoms with E-state index in [4.69, 9.17) is 4.52 Å². The van der Waals surface area contributed by atoms with Crippen LogP contribution < -0.4 is 10.2 Å². The number of aryl methyl sites for hydroxylation is 2. The fraction of sp³-hybridized carbons (Fsp3) is 0.412. The molecule has 2 aromatic rings. The average Bonchev–Trinajstić information content (AvgIpc) is 3.09. The van der Waals surface area contributed by atoms with Crippen LogP contribution in [0.4, 0.5) is 14.5 Å². The number of carbonyl (C=O) groups excluding carboxylic acids is 1. The van der Waals surface area contributed by atoms with Crippen molar-refractivity contribution in [3.63, 3.8) is 0 Å². The first-order chi connectivity index (χ1) is 11.4. The molecule has 24 heavy (non-hydrogen) atoms. The molecule has 0 unspecified atom stereocenters. The Balaban J connectivity index is 1.59. The van der Waals surface area contributed by atoms with Crippen LogP contribution in [0.15, 0.2) is 22.7 Å². The van der Waals surface area contributed by atoms with Gasteiger partial charge in [0.2, 0.25) is 5.91 Å². The van der Waals surface area contributed by atoms with E-state index in [0.717, 1.165) is 11.6 Å². The standard InChI is InChI=1S/C17H19F2N3O2/c1-10-14(11(2)24-21-10)8-17(23)20-13-5-6-22(9-13)16-4-3-12(18)7-15(16)19/h3-4,7,13H,5-6,8-9H2,1-2H3,(H,20,23)/t13-/m0/s1. The van der Waals surface area contributed by atoms with Crippen molar-refractivity contribution >= 4 is 11.6 Å². The summed E-state index contributed by atoms with van der Waals surface area (Å²) in [5, 5.41) is 6.79. The molecule has 1 aliphatic rings. The molecule has 0 spiro atoms. The van der Waals surface area contributed by atoms with E-state index < -0.39 is 11.6 Å². The highest BCUT2D eigenvalue weighted by Gasteiger charge is 2.26. The number of rotatable bonds is 4. The van der Waals surface area contributed by atoms with Gasteiger partial charge in [-0.15, -0.1) is 0 Å². The zero-order valence-electron chi connectivity index (χ0n) is 13.6. The summed E-state index contributed by atoms with van der Waals surface area (Å²) in [6.45, 7) is 4.68. The van der Waals surface area contributed by atoms with Gasteiger partial charge in [0.05, 0.1) is 17.8 Å². The molecule has 1 saturated heterocycles. The van der Waals surface area contributed by atoms with E-state index in [1.165, 1.54) is 12.1 Å². The van der Waals surface area contributed by atoms with Gasteiger partial charge in [0.25, 0.3) is 0 Å². The minimum Gasteiger partial charge on any atom is -0.367 e. The molecule has 5 nitrogen and oxygen atoms in total. The summed E-state index contributed by atoms with van der Waals surface area (Å²) in [5.41, 5.74) is 1.87. The van der Waals surface area contributed by atoms with E-state index in [-0.39, 0.29) is 18.4 Å². The average molecular weight is 335 g/mol. The number of benzene rings is 1. The number of nitrogens with zero attached hydrogens (tertiary/aromatic N) is 2. The minimum atomic E-state index is -0.597. The molecular weight excluding hydrogens is 316 g/mol. The van der Waals surface area contributed by atoms with E-state index in [2.05, 4.69) is 10.5 Å². The molecule has 1 aromatic carbocycles. The zero-order chi connectivity index (χ0) is 17.3. The van der Waals surface area contributed by atoms with Crippen molar-refractivity contribution in [2.45, 2.75) is 32.7 Å². The number of amides is 1. The smallest absolute Gasteiger partial charge is 0.224 e.